The van der Waals surface area contributed by atoms with Gasteiger partial charge in [-0.15, -0.1) is 0 Å². The van der Waals surface area contributed by atoms with Crippen LogP contribution in [-0.2, 0) is 0 Å². The van der Waals surface area contributed by atoms with E-state index in [1.165, 1.54) is 0 Å². The first-order chi connectivity index (χ1) is 6.13. The Morgan fingerprint density at radius 3 is 2.92 bits per heavy atom. The minimum Gasteiger partial charge on any atom is -0.444 e. The molecule has 1 heterocycles. The molecule has 72 valence electrons. The number of rotatable bonds is 3. The molecule has 1 aromatic heterocycles. The second-order valence-corrected chi connectivity index (χ2v) is 3.50. The molecule has 1 atom stereocenters. The number of amides is 1. The third-order valence-electron chi connectivity index (χ3n) is 1.53. The number of carbonyl (C=O) groups excluding carboxylic acids is 1. The van der Waals surface area contributed by atoms with Crippen molar-refractivity contribution in [2.75, 3.05) is 6.54 Å². The summed E-state index contributed by atoms with van der Waals surface area (Å²) in [4.78, 5) is 11.3. The van der Waals surface area contributed by atoms with Gasteiger partial charge in [-0.3, -0.25) is 4.79 Å². The highest BCUT2D eigenvalue weighted by atomic mass is 79.9. The Hall–Kier alpha value is -0.810. The van der Waals surface area contributed by atoms with Crippen molar-refractivity contribution in [2.45, 2.75) is 13.0 Å². The molecule has 4 nitrogen and oxygen atoms in total. The third kappa shape index (κ3) is 2.86. The normalized spacial score (nSPS) is 12.5. The number of nitrogens with two attached hydrogens (primary N) is 1. The van der Waals surface area contributed by atoms with E-state index in [9.17, 15) is 4.79 Å². The maximum Gasteiger partial charge on any atom is 0.287 e. The molecule has 0 aliphatic carbocycles. The quantitative estimate of drug-likeness (QED) is 0.840. The van der Waals surface area contributed by atoms with Crippen LogP contribution in [-0.4, -0.2) is 18.5 Å². The average molecular weight is 247 g/mol. The van der Waals surface area contributed by atoms with Gasteiger partial charge < -0.3 is 15.5 Å². The summed E-state index contributed by atoms with van der Waals surface area (Å²) in [7, 11) is 0. The largest absolute Gasteiger partial charge is 0.444 e. The van der Waals surface area contributed by atoms with Crippen LogP contribution in [0.15, 0.2) is 21.2 Å². The molecule has 0 aromatic carbocycles. The zero-order chi connectivity index (χ0) is 9.84. The van der Waals surface area contributed by atoms with Crippen LogP contribution < -0.4 is 11.1 Å². The van der Waals surface area contributed by atoms with Crippen LogP contribution >= 0.6 is 15.9 Å². The number of halogens is 1. The second-order valence-electron chi connectivity index (χ2n) is 2.71. The molecule has 5 heteroatoms. The van der Waals surface area contributed by atoms with E-state index in [1.54, 1.807) is 12.1 Å². The molecule has 0 unspecified atom stereocenters. The fourth-order valence-corrected chi connectivity index (χ4v) is 1.10. The van der Waals surface area contributed by atoms with Crippen LogP contribution in [0.2, 0.25) is 0 Å². The number of furan rings is 1. The molecule has 0 aliphatic rings. The Kier molecular flexibility index (Phi) is 3.50. The van der Waals surface area contributed by atoms with Crippen LogP contribution in [0.25, 0.3) is 0 Å². The monoisotopic (exact) mass is 246 g/mol. The van der Waals surface area contributed by atoms with E-state index in [0.29, 0.717) is 11.2 Å². The molecule has 1 aromatic rings. The zero-order valence-electron chi connectivity index (χ0n) is 7.21. The minimum absolute atomic E-state index is 0.0450. The zero-order valence-corrected chi connectivity index (χ0v) is 8.80. The smallest absolute Gasteiger partial charge is 0.287 e. The fourth-order valence-electron chi connectivity index (χ4n) is 0.790. The van der Waals surface area contributed by atoms with Gasteiger partial charge in [0.2, 0.25) is 0 Å². The Bertz CT molecular complexity index is 298. The molecular weight excluding hydrogens is 236 g/mol. The van der Waals surface area contributed by atoms with E-state index in [2.05, 4.69) is 21.2 Å². The van der Waals surface area contributed by atoms with Crippen molar-refractivity contribution in [3.63, 3.8) is 0 Å². The van der Waals surface area contributed by atoms with E-state index < -0.39 is 0 Å². The first-order valence-electron chi connectivity index (χ1n) is 3.89. The highest BCUT2D eigenvalue weighted by molar-refractivity contribution is 9.10. The fraction of sp³-hybridized carbons (Fsp3) is 0.375. The lowest BCUT2D eigenvalue weighted by Crippen LogP contribution is -2.37. The molecule has 0 fully saturated rings. The highest BCUT2D eigenvalue weighted by Gasteiger charge is 2.11. The van der Waals surface area contributed by atoms with Crippen LogP contribution in [0.5, 0.6) is 0 Å². The maximum atomic E-state index is 11.3. The van der Waals surface area contributed by atoms with E-state index in [-0.39, 0.29) is 17.7 Å². The molecule has 3 N–H and O–H groups in total. The van der Waals surface area contributed by atoms with E-state index in [4.69, 9.17) is 10.2 Å². The molecule has 13 heavy (non-hydrogen) atoms. The number of nitrogens with one attached hydrogen (secondary N) is 1. The van der Waals surface area contributed by atoms with Crippen LogP contribution in [0.4, 0.5) is 0 Å². The average Bonchev–Trinajstić information content (AvgIpc) is 2.51. The SMILES string of the molecule is C[C@@H](CN)NC(=O)c1ccc(Br)o1. The summed E-state index contributed by atoms with van der Waals surface area (Å²) in [5.41, 5.74) is 5.35. The van der Waals surface area contributed by atoms with Gasteiger partial charge in [-0.05, 0) is 35.0 Å². The van der Waals surface area contributed by atoms with Gasteiger partial charge in [0.05, 0.1) is 0 Å². The molecule has 0 radical (unpaired) electrons. The Morgan fingerprint density at radius 1 is 1.77 bits per heavy atom. The van der Waals surface area contributed by atoms with Crippen molar-refractivity contribution in [1.29, 1.82) is 0 Å². The highest BCUT2D eigenvalue weighted by Crippen LogP contribution is 2.13. The summed E-state index contributed by atoms with van der Waals surface area (Å²) >= 11 is 3.11. The molecule has 0 saturated heterocycles. The summed E-state index contributed by atoms with van der Waals surface area (Å²) in [5.74, 6) is 0.0378. The van der Waals surface area contributed by atoms with Crippen LogP contribution in [0.3, 0.4) is 0 Å². The number of carbonyl (C=O) groups is 1. The van der Waals surface area contributed by atoms with E-state index >= 15 is 0 Å². The summed E-state index contributed by atoms with van der Waals surface area (Å²) < 4.78 is 5.59. The first kappa shape index (κ1) is 10.3. The summed E-state index contributed by atoms with van der Waals surface area (Å²) in [6.45, 7) is 2.24. The second kappa shape index (κ2) is 4.43. The van der Waals surface area contributed by atoms with Gasteiger partial charge in [0.15, 0.2) is 10.4 Å². The standard InChI is InChI=1S/C8H11BrN2O2/c1-5(4-10)11-8(12)6-2-3-7(9)13-6/h2-3,5H,4,10H2,1H3,(H,11,12)/t5-/m0/s1. The molecule has 1 amide bonds. The van der Waals surface area contributed by atoms with Crippen molar-refractivity contribution < 1.29 is 9.21 Å². The topological polar surface area (TPSA) is 68.3 Å². The van der Waals surface area contributed by atoms with Crippen molar-refractivity contribution in [2.24, 2.45) is 5.73 Å². The van der Waals surface area contributed by atoms with Gasteiger partial charge in [0.1, 0.15) is 0 Å². The van der Waals surface area contributed by atoms with E-state index in [1.807, 2.05) is 6.92 Å². The van der Waals surface area contributed by atoms with Crippen LogP contribution in [0, 0.1) is 0 Å². The minimum atomic E-state index is -0.247. The number of hydrogen-bond acceptors (Lipinski definition) is 3. The Morgan fingerprint density at radius 2 is 2.46 bits per heavy atom. The lowest BCUT2D eigenvalue weighted by molar-refractivity contribution is 0.0912. The van der Waals surface area contributed by atoms with Crippen LogP contribution in [0.1, 0.15) is 17.5 Å². The lowest BCUT2D eigenvalue weighted by Gasteiger charge is -2.08. The van der Waals surface area contributed by atoms with Gasteiger partial charge in [0.25, 0.3) is 5.91 Å². The summed E-state index contributed by atoms with van der Waals surface area (Å²) in [6.07, 6.45) is 0. The van der Waals surface area contributed by atoms with Crippen molar-refractivity contribution in [3.8, 4) is 0 Å². The molecule has 0 saturated carbocycles. The van der Waals surface area contributed by atoms with Gasteiger partial charge in [-0.25, -0.2) is 0 Å². The summed E-state index contributed by atoms with van der Waals surface area (Å²) in [5, 5.41) is 2.68. The first-order valence-corrected chi connectivity index (χ1v) is 4.69. The van der Waals surface area contributed by atoms with Crippen molar-refractivity contribution >= 4 is 21.8 Å². The predicted octanol–water partition coefficient (Wildman–Crippen LogP) is 1.12. The Balaban J connectivity index is 2.58. The molecule has 1 rings (SSSR count). The lowest BCUT2D eigenvalue weighted by atomic mass is 10.3. The van der Waals surface area contributed by atoms with Crippen molar-refractivity contribution in [1.82, 2.24) is 5.32 Å². The van der Waals surface area contributed by atoms with E-state index in [0.717, 1.165) is 0 Å². The van der Waals surface area contributed by atoms with Gasteiger partial charge in [-0.2, -0.15) is 0 Å². The molecule has 0 spiro atoms. The van der Waals surface area contributed by atoms with Gasteiger partial charge in [0, 0.05) is 12.6 Å². The maximum absolute atomic E-state index is 11.3. The summed E-state index contributed by atoms with van der Waals surface area (Å²) in [6, 6.07) is 3.22. The van der Waals surface area contributed by atoms with Gasteiger partial charge >= 0.3 is 0 Å². The molecule has 0 aliphatic heterocycles. The number of hydrogen-bond donors (Lipinski definition) is 2. The van der Waals surface area contributed by atoms with Crippen molar-refractivity contribution in [3.05, 3.63) is 22.6 Å². The van der Waals surface area contributed by atoms with Gasteiger partial charge in [-0.1, -0.05) is 0 Å². The Labute approximate surface area is 84.6 Å². The third-order valence-corrected chi connectivity index (χ3v) is 1.95. The molecule has 0 bridgehead atoms. The predicted molar refractivity (Wildman–Crippen MR) is 52.4 cm³/mol. The molecular formula is C8H11BrN2O2.